The van der Waals surface area contributed by atoms with E-state index in [2.05, 4.69) is 5.32 Å². The number of amides is 1. The van der Waals surface area contributed by atoms with Crippen molar-refractivity contribution in [1.82, 2.24) is 9.62 Å². The third-order valence-corrected chi connectivity index (χ3v) is 6.82. The molecule has 1 fully saturated rings. The topological polar surface area (TPSA) is 66.5 Å². The SMILES string of the molecule is O=C(CN(Cc1ccc(F)cc1)S(=O)(=O)c1ccc(Cl)cc1)NC1CCCC1. The maximum Gasteiger partial charge on any atom is 0.243 e. The lowest BCUT2D eigenvalue weighted by Crippen LogP contribution is -2.43. The van der Waals surface area contributed by atoms with E-state index in [0.29, 0.717) is 10.6 Å². The number of hydrogen-bond acceptors (Lipinski definition) is 3. The molecular formula is C20H22ClFN2O3S. The fraction of sp³-hybridized carbons (Fsp3) is 0.350. The molecule has 1 amide bonds. The molecule has 0 spiro atoms. The van der Waals surface area contributed by atoms with Crippen molar-refractivity contribution in [2.24, 2.45) is 0 Å². The van der Waals surface area contributed by atoms with Crippen LogP contribution in [0.3, 0.4) is 0 Å². The van der Waals surface area contributed by atoms with Crippen LogP contribution in [0.2, 0.25) is 5.02 Å². The van der Waals surface area contributed by atoms with Gasteiger partial charge in [0.1, 0.15) is 5.82 Å². The molecule has 0 radical (unpaired) electrons. The fourth-order valence-electron chi connectivity index (χ4n) is 3.28. The molecule has 0 aromatic heterocycles. The van der Waals surface area contributed by atoms with E-state index >= 15 is 0 Å². The van der Waals surface area contributed by atoms with E-state index in [9.17, 15) is 17.6 Å². The number of rotatable bonds is 7. The number of halogens is 2. The Labute approximate surface area is 169 Å². The second-order valence-corrected chi connectivity index (χ2v) is 9.28. The van der Waals surface area contributed by atoms with Gasteiger partial charge >= 0.3 is 0 Å². The number of carbonyl (C=O) groups excluding carboxylic acids is 1. The molecule has 28 heavy (non-hydrogen) atoms. The molecule has 1 saturated carbocycles. The van der Waals surface area contributed by atoms with E-state index in [-0.39, 0.29) is 29.9 Å². The summed E-state index contributed by atoms with van der Waals surface area (Å²) >= 11 is 5.86. The van der Waals surface area contributed by atoms with Gasteiger partial charge in [-0.25, -0.2) is 12.8 Å². The smallest absolute Gasteiger partial charge is 0.243 e. The van der Waals surface area contributed by atoms with Crippen molar-refractivity contribution in [2.75, 3.05) is 6.54 Å². The lowest BCUT2D eigenvalue weighted by molar-refractivity contribution is -0.122. The third-order valence-electron chi connectivity index (χ3n) is 4.76. The first-order valence-corrected chi connectivity index (χ1v) is 11.0. The standard InChI is InChI=1S/C20H22ClFN2O3S/c21-16-7-11-19(12-8-16)28(26,27)24(13-15-5-9-17(22)10-6-15)14-20(25)23-18-3-1-2-4-18/h5-12,18H,1-4,13-14H2,(H,23,25). The van der Waals surface area contributed by atoms with Crippen LogP contribution in [0.15, 0.2) is 53.4 Å². The molecule has 0 aliphatic heterocycles. The molecule has 2 aromatic rings. The van der Waals surface area contributed by atoms with Gasteiger partial charge in [-0.1, -0.05) is 36.6 Å². The zero-order chi connectivity index (χ0) is 20.1. The summed E-state index contributed by atoms with van der Waals surface area (Å²) < 4.78 is 40.5. The van der Waals surface area contributed by atoms with Gasteiger partial charge in [-0.3, -0.25) is 4.79 Å². The largest absolute Gasteiger partial charge is 0.352 e. The molecule has 0 heterocycles. The van der Waals surface area contributed by atoms with Crippen LogP contribution >= 0.6 is 11.6 Å². The summed E-state index contributed by atoms with van der Waals surface area (Å²) in [6.07, 6.45) is 3.95. The number of sulfonamides is 1. The number of carbonyl (C=O) groups is 1. The highest BCUT2D eigenvalue weighted by Gasteiger charge is 2.28. The summed E-state index contributed by atoms with van der Waals surface area (Å²) in [5, 5.41) is 3.33. The first-order chi connectivity index (χ1) is 13.3. The van der Waals surface area contributed by atoms with Gasteiger partial charge in [0.15, 0.2) is 0 Å². The molecular weight excluding hydrogens is 403 g/mol. The summed E-state index contributed by atoms with van der Waals surface area (Å²) in [6, 6.07) is 11.4. The molecule has 1 N–H and O–H groups in total. The average molecular weight is 425 g/mol. The summed E-state index contributed by atoms with van der Waals surface area (Å²) in [6.45, 7) is -0.345. The van der Waals surface area contributed by atoms with Crippen molar-refractivity contribution >= 4 is 27.5 Å². The first-order valence-electron chi connectivity index (χ1n) is 9.14. The number of nitrogens with zero attached hydrogens (tertiary/aromatic N) is 1. The van der Waals surface area contributed by atoms with Crippen LogP contribution in [0, 0.1) is 5.82 Å². The molecule has 5 nitrogen and oxygen atoms in total. The molecule has 8 heteroatoms. The molecule has 0 saturated heterocycles. The van der Waals surface area contributed by atoms with E-state index in [1.807, 2.05) is 0 Å². The predicted octanol–water partition coefficient (Wildman–Crippen LogP) is 3.73. The zero-order valence-electron chi connectivity index (χ0n) is 15.3. The fourth-order valence-corrected chi connectivity index (χ4v) is 4.79. The van der Waals surface area contributed by atoms with Crippen molar-refractivity contribution in [1.29, 1.82) is 0 Å². The van der Waals surface area contributed by atoms with Gasteiger partial charge in [-0.05, 0) is 54.8 Å². The van der Waals surface area contributed by atoms with Gasteiger partial charge in [-0.2, -0.15) is 4.31 Å². The molecule has 0 unspecified atom stereocenters. The highest BCUT2D eigenvalue weighted by atomic mass is 35.5. The van der Waals surface area contributed by atoms with E-state index in [0.717, 1.165) is 30.0 Å². The molecule has 2 aromatic carbocycles. The van der Waals surface area contributed by atoms with Crippen LogP contribution in [-0.4, -0.2) is 31.2 Å². The Morgan fingerprint density at radius 1 is 1.07 bits per heavy atom. The van der Waals surface area contributed by atoms with E-state index in [1.165, 1.54) is 48.5 Å². The third kappa shape index (κ3) is 5.31. The second-order valence-electron chi connectivity index (χ2n) is 6.90. The minimum atomic E-state index is -3.93. The van der Waals surface area contributed by atoms with Crippen LogP contribution < -0.4 is 5.32 Å². The van der Waals surface area contributed by atoms with Crippen molar-refractivity contribution in [3.8, 4) is 0 Å². The number of nitrogens with one attached hydrogen (secondary N) is 1. The predicted molar refractivity (Wildman–Crippen MR) is 106 cm³/mol. The Morgan fingerprint density at radius 2 is 1.68 bits per heavy atom. The van der Waals surface area contributed by atoms with Crippen LogP contribution in [0.5, 0.6) is 0 Å². The Morgan fingerprint density at radius 3 is 2.29 bits per heavy atom. The summed E-state index contributed by atoms with van der Waals surface area (Å²) in [5.41, 5.74) is 0.590. The van der Waals surface area contributed by atoms with Gasteiger partial charge in [0.25, 0.3) is 0 Å². The van der Waals surface area contributed by atoms with Crippen LogP contribution in [-0.2, 0) is 21.4 Å². The maximum atomic E-state index is 13.2. The highest BCUT2D eigenvalue weighted by molar-refractivity contribution is 7.89. The normalized spacial score (nSPS) is 15.1. The maximum absolute atomic E-state index is 13.2. The van der Waals surface area contributed by atoms with Crippen LogP contribution in [0.25, 0.3) is 0 Å². The van der Waals surface area contributed by atoms with Gasteiger partial charge in [-0.15, -0.1) is 0 Å². The summed E-state index contributed by atoms with van der Waals surface area (Å²) in [7, 11) is -3.93. The molecule has 0 atom stereocenters. The minimum Gasteiger partial charge on any atom is -0.352 e. The van der Waals surface area contributed by atoms with Crippen molar-refractivity contribution in [3.05, 3.63) is 64.9 Å². The highest BCUT2D eigenvalue weighted by Crippen LogP contribution is 2.21. The monoisotopic (exact) mass is 424 g/mol. The molecule has 1 aliphatic carbocycles. The van der Waals surface area contributed by atoms with E-state index in [1.54, 1.807) is 0 Å². The van der Waals surface area contributed by atoms with Gasteiger partial charge in [0.2, 0.25) is 15.9 Å². The Kier molecular flexibility index (Phi) is 6.69. The average Bonchev–Trinajstić information content (AvgIpc) is 3.16. The molecule has 150 valence electrons. The lowest BCUT2D eigenvalue weighted by atomic mass is 10.2. The van der Waals surface area contributed by atoms with Gasteiger partial charge < -0.3 is 5.32 Å². The van der Waals surface area contributed by atoms with Gasteiger partial charge in [0, 0.05) is 17.6 Å². The van der Waals surface area contributed by atoms with Crippen LogP contribution in [0.1, 0.15) is 31.2 Å². The van der Waals surface area contributed by atoms with Crippen molar-refractivity contribution in [3.63, 3.8) is 0 Å². The zero-order valence-corrected chi connectivity index (χ0v) is 16.8. The second kappa shape index (κ2) is 9.03. The van der Waals surface area contributed by atoms with Crippen molar-refractivity contribution in [2.45, 2.75) is 43.2 Å². The molecule has 0 bridgehead atoms. The van der Waals surface area contributed by atoms with Gasteiger partial charge in [0.05, 0.1) is 11.4 Å². The molecule has 1 aliphatic rings. The lowest BCUT2D eigenvalue weighted by Gasteiger charge is -2.23. The molecule has 3 rings (SSSR count). The summed E-state index contributed by atoms with van der Waals surface area (Å²) in [5.74, 6) is -0.749. The minimum absolute atomic E-state index is 0.0384. The number of benzene rings is 2. The quantitative estimate of drug-likeness (QED) is 0.736. The Balaban J connectivity index is 1.83. The van der Waals surface area contributed by atoms with Crippen LogP contribution in [0.4, 0.5) is 4.39 Å². The first kappa shape index (κ1) is 20.8. The number of hydrogen-bond donors (Lipinski definition) is 1. The Hall–Kier alpha value is -1.96. The van der Waals surface area contributed by atoms with E-state index in [4.69, 9.17) is 11.6 Å². The summed E-state index contributed by atoms with van der Waals surface area (Å²) in [4.78, 5) is 12.5. The Bertz CT molecular complexity index is 911. The van der Waals surface area contributed by atoms with Crippen molar-refractivity contribution < 1.29 is 17.6 Å². The van der Waals surface area contributed by atoms with E-state index < -0.39 is 15.8 Å².